The Morgan fingerprint density at radius 2 is 1.90 bits per heavy atom. The van der Waals surface area contributed by atoms with E-state index in [0.717, 1.165) is 22.4 Å². The summed E-state index contributed by atoms with van der Waals surface area (Å²) in [5, 5.41) is 10.7. The van der Waals surface area contributed by atoms with Crippen molar-refractivity contribution in [3.63, 3.8) is 0 Å². The minimum atomic E-state index is -0.759. The van der Waals surface area contributed by atoms with Gasteiger partial charge in [0.1, 0.15) is 11.9 Å². The summed E-state index contributed by atoms with van der Waals surface area (Å²) in [6.45, 7) is 2.53. The molecule has 4 nitrogen and oxygen atoms in total. The molecular formula is C17H16N2O2. The number of aromatic nitrogens is 2. The minimum Gasteiger partial charge on any atom is -0.494 e. The average Bonchev–Trinajstić information content (AvgIpc) is 2.54. The fraction of sp³-hybridized carbons (Fsp3) is 0.176. The molecule has 0 saturated carbocycles. The van der Waals surface area contributed by atoms with Crippen molar-refractivity contribution in [2.24, 2.45) is 0 Å². The Hall–Kier alpha value is -2.46. The maximum atomic E-state index is 10.7. The molecule has 1 unspecified atom stereocenters. The van der Waals surface area contributed by atoms with E-state index in [1.54, 1.807) is 12.4 Å². The number of fused-ring (bicyclic) bond motifs is 1. The Bertz CT molecular complexity index is 753. The van der Waals surface area contributed by atoms with E-state index >= 15 is 0 Å². The molecule has 0 aliphatic carbocycles. The number of para-hydroxylation sites is 1. The topological polar surface area (TPSA) is 55.2 Å². The average molecular weight is 280 g/mol. The van der Waals surface area contributed by atoms with Crippen LogP contribution in [0.2, 0.25) is 0 Å². The molecule has 0 bridgehead atoms. The quantitative estimate of drug-likeness (QED) is 0.797. The Morgan fingerprint density at radius 1 is 1.10 bits per heavy atom. The van der Waals surface area contributed by atoms with Crippen molar-refractivity contribution < 1.29 is 9.84 Å². The molecule has 0 radical (unpaired) electrons. The number of ether oxygens (including phenoxy) is 1. The van der Waals surface area contributed by atoms with Gasteiger partial charge < -0.3 is 9.84 Å². The lowest BCUT2D eigenvalue weighted by molar-refractivity contribution is 0.221. The molecule has 4 heteroatoms. The maximum Gasteiger partial charge on any atom is 0.119 e. The van der Waals surface area contributed by atoms with Crippen LogP contribution in [-0.4, -0.2) is 21.7 Å². The first-order chi connectivity index (χ1) is 10.3. The van der Waals surface area contributed by atoms with Crippen molar-refractivity contribution in [3.05, 3.63) is 66.0 Å². The number of hydrogen-bond donors (Lipinski definition) is 1. The molecule has 21 heavy (non-hydrogen) atoms. The summed E-state index contributed by atoms with van der Waals surface area (Å²) >= 11 is 0. The van der Waals surface area contributed by atoms with Gasteiger partial charge in [-0.1, -0.05) is 24.3 Å². The highest BCUT2D eigenvalue weighted by molar-refractivity contribution is 5.78. The first-order valence-electron chi connectivity index (χ1n) is 6.90. The van der Waals surface area contributed by atoms with E-state index in [-0.39, 0.29) is 0 Å². The summed E-state index contributed by atoms with van der Waals surface area (Å²) < 4.78 is 5.48. The van der Waals surface area contributed by atoms with E-state index in [1.165, 1.54) is 0 Å². The van der Waals surface area contributed by atoms with Gasteiger partial charge in [0.25, 0.3) is 0 Å². The molecular weight excluding hydrogens is 264 g/mol. The van der Waals surface area contributed by atoms with E-state index in [2.05, 4.69) is 9.97 Å². The molecule has 2 aromatic carbocycles. The number of aliphatic hydroxyl groups excluding tert-OH is 1. The summed E-state index contributed by atoms with van der Waals surface area (Å²) in [7, 11) is 0. The predicted octanol–water partition coefficient (Wildman–Crippen LogP) is 3.11. The van der Waals surface area contributed by atoms with Gasteiger partial charge in [-0.15, -0.1) is 0 Å². The van der Waals surface area contributed by atoms with Crippen molar-refractivity contribution in [1.82, 2.24) is 9.97 Å². The second kappa shape index (κ2) is 5.89. The summed E-state index contributed by atoms with van der Waals surface area (Å²) in [6.07, 6.45) is 2.52. The molecule has 0 fully saturated rings. The number of benzene rings is 2. The zero-order valence-electron chi connectivity index (χ0n) is 11.7. The van der Waals surface area contributed by atoms with Crippen LogP contribution in [0.25, 0.3) is 11.0 Å². The standard InChI is InChI=1S/C17H16N2O2/c1-2-21-13-6-3-5-12(11-13)17(20)14-7-4-8-15-16(14)19-10-9-18-15/h3-11,17,20H,2H2,1H3. The third kappa shape index (κ3) is 2.71. The molecule has 1 aromatic heterocycles. The van der Waals surface area contributed by atoms with Crippen LogP contribution in [0.3, 0.4) is 0 Å². The van der Waals surface area contributed by atoms with E-state index in [9.17, 15) is 5.11 Å². The molecule has 3 aromatic rings. The lowest BCUT2D eigenvalue weighted by atomic mass is 10.00. The van der Waals surface area contributed by atoms with Crippen LogP contribution in [0.15, 0.2) is 54.9 Å². The Labute approximate surface area is 123 Å². The molecule has 0 spiro atoms. The van der Waals surface area contributed by atoms with Gasteiger partial charge in [-0.25, -0.2) is 0 Å². The predicted molar refractivity (Wildman–Crippen MR) is 81.2 cm³/mol. The minimum absolute atomic E-state index is 0.597. The molecule has 1 heterocycles. The molecule has 0 aliphatic rings. The van der Waals surface area contributed by atoms with Crippen LogP contribution in [0.4, 0.5) is 0 Å². The van der Waals surface area contributed by atoms with E-state index in [0.29, 0.717) is 12.1 Å². The van der Waals surface area contributed by atoms with Gasteiger partial charge in [0.15, 0.2) is 0 Å². The number of nitrogens with zero attached hydrogens (tertiary/aromatic N) is 2. The van der Waals surface area contributed by atoms with Gasteiger partial charge in [-0.05, 0) is 30.7 Å². The van der Waals surface area contributed by atoms with Gasteiger partial charge in [0.05, 0.1) is 17.6 Å². The monoisotopic (exact) mass is 280 g/mol. The normalized spacial score (nSPS) is 12.3. The SMILES string of the molecule is CCOc1cccc(C(O)c2cccc3nccnc23)c1. The van der Waals surface area contributed by atoms with Crippen LogP contribution in [0.1, 0.15) is 24.2 Å². The Balaban J connectivity index is 2.04. The van der Waals surface area contributed by atoms with Crippen molar-refractivity contribution in [2.45, 2.75) is 13.0 Å². The van der Waals surface area contributed by atoms with Crippen molar-refractivity contribution in [2.75, 3.05) is 6.61 Å². The second-order valence-corrected chi connectivity index (χ2v) is 4.68. The van der Waals surface area contributed by atoms with Crippen molar-refractivity contribution >= 4 is 11.0 Å². The van der Waals surface area contributed by atoms with E-state index in [4.69, 9.17) is 4.74 Å². The number of hydrogen-bond acceptors (Lipinski definition) is 4. The second-order valence-electron chi connectivity index (χ2n) is 4.68. The number of aliphatic hydroxyl groups is 1. The van der Waals surface area contributed by atoms with Gasteiger partial charge in [-0.3, -0.25) is 9.97 Å². The summed E-state index contributed by atoms with van der Waals surface area (Å²) in [6, 6.07) is 13.1. The summed E-state index contributed by atoms with van der Waals surface area (Å²) in [5.74, 6) is 0.750. The smallest absolute Gasteiger partial charge is 0.119 e. The fourth-order valence-corrected chi connectivity index (χ4v) is 2.36. The molecule has 3 rings (SSSR count). The first kappa shape index (κ1) is 13.5. The highest BCUT2D eigenvalue weighted by Gasteiger charge is 2.15. The Kier molecular flexibility index (Phi) is 3.79. The van der Waals surface area contributed by atoms with Crippen LogP contribution in [0, 0.1) is 0 Å². The number of rotatable bonds is 4. The third-order valence-corrected chi connectivity index (χ3v) is 3.31. The molecule has 0 amide bonds. The molecule has 0 aliphatic heterocycles. The third-order valence-electron chi connectivity index (χ3n) is 3.31. The highest BCUT2D eigenvalue weighted by atomic mass is 16.5. The largest absolute Gasteiger partial charge is 0.494 e. The van der Waals surface area contributed by atoms with Crippen LogP contribution in [0.5, 0.6) is 5.75 Å². The van der Waals surface area contributed by atoms with Crippen LogP contribution in [-0.2, 0) is 0 Å². The van der Waals surface area contributed by atoms with Gasteiger partial charge >= 0.3 is 0 Å². The highest BCUT2D eigenvalue weighted by Crippen LogP contribution is 2.28. The van der Waals surface area contributed by atoms with E-state index in [1.807, 2.05) is 49.4 Å². The van der Waals surface area contributed by atoms with Crippen LogP contribution >= 0.6 is 0 Å². The molecule has 0 saturated heterocycles. The summed E-state index contributed by atoms with van der Waals surface area (Å²) in [4.78, 5) is 8.60. The van der Waals surface area contributed by atoms with E-state index < -0.39 is 6.10 Å². The maximum absolute atomic E-state index is 10.7. The van der Waals surface area contributed by atoms with Gasteiger partial charge in [-0.2, -0.15) is 0 Å². The lowest BCUT2D eigenvalue weighted by Gasteiger charge is -2.14. The fourth-order valence-electron chi connectivity index (χ4n) is 2.36. The molecule has 1 atom stereocenters. The first-order valence-corrected chi connectivity index (χ1v) is 6.90. The molecule has 1 N–H and O–H groups in total. The Morgan fingerprint density at radius 3 is 2.76 bits per heavy atom. The lowest BCUT2D eigenvalue weighted by Crippen LogP contribution is -2.02. The zero-order chi connectivity index (χ0) is 14.7. The van der Waals surface area contributed by atoms with Crippen LogP contribution < -0.4 is 4.74 Å². The summed E-state index contributed by atoms with van der Waals surface area (Å²) in [5.41, 5.74) is 3.01. The van der Waals surface area contributed by atoms with Crippen molar-refractivity contribution in [3.8, 4) is 5.75 Å². The van der Waals surface area contributed by atoms with Gasteiger partial charge in [0, 0.05) is 18.0 Å². The molecule has 106 valence electrons. The zero-order valence-corrected chi connectivity index (χ0v) is 11.7. The van der Waals surface area contributed by atoms with Gasteiger partial charge in [0.2, 0.25) is 0 Å². The van der Waals surface area contributed by atoms with Crippen molar-refractivity contribution in [1.29, 1.82) is 0 Å².